The van der Waals surface area contributed by atoms with Crippen molar-refractivity contribution in [1.82, 2.24) is 15.1 Å². The van der Waals surface area contributed by atoms with Gasteiger partial charge in [-0.05, 0) is 66.3 Å². The van der Waals surface area contributed by atoms with E-state index >= 15 is 0 Å². The number of nitrogens with two attached hydrogens (primary N) is 2. The number of aromatic nitrogens is 2. The highest BCUT2D eigenvalue weighted by atomic mass is 19.1. The van der Waals surface area contributed by atoms with Crippen molar-refractivity contribution in [2.24, 2.45) is 17.4 Å². The number of halogens is 1. The lowest BCUT2D eigenvalue weighted by Crippen LogP contribution is -2.25. The van der Waals surface area contributed by atoms with Gasteiger partial charge < -0.3 is 22.1 Å². The Morgan fingerprint density at radius 1 is 1.00 bits per heavy atom. The van der Waals surface area contributed by atoms with Crippen molar-refractivity contribution in [3.05, 3.63) is 113 Å². The normalized spacial score (nSPS) is 13.7. The van der Waals surface area contributed by atoms with Gasteiger partial charge in [0.15, 0.2) is 5.69 Å². The van der Waals surface area contributed by atoms with Crippen LogP contribution in [0.15, 0.2) is 78.9 Å². The van der Waals surface area contributed by atoms with Gasteiger partial charge in [0, 0.05) is 12.6 Å². The molecule has 1 aliphatic rings. The molecule has 1 unspecified atom stereocenters. The minimum atomic E-state index is -0.784. The van der Waals surface area contributed by atoms with Crippen molar-refractivity contribution in [3.63, 3.8) is 0 Å². The second-order valence-corrected chi connectivity index (χ2v) is 9.45. The summed E-state index contributed by atoms with van der Waals surface area (Å²) in [4.78, 5) is 25.2. The summed E-state index contributed by atoms with van der Waals surface area (Å²) < 4.78 is 16.3. The zero-order valence-corrected chi connectivity index (χ0v) is 20.7. The Morgan fingerprint density at radius 3 is 2.50 bits per heavy atom. The van der Waals surface area contributed by atoms with Crippen LogP contribution in [0.3, 0.4) is 0 Å². The predicted molar refractivity (Wildman–Crippen MR) is 143 cm³/mol. The average molecular weight is 513 g/mol. The lowest BCUT2D eigenvalue weighted by molar-refractivity contribution is 0.0993. The first kappa shape index (κ1) is 25.3. The lowest BCUT2D eigenvalue weighted by atomic mass is 9.97. The molecule has 194 valence electrons. The van der Waals surface area contributed by atoms with Gasteiger partial charge in [0.05, 0.1) is 17.4 Å². The summed E-state index contributed by atoms with van der Waals surface area (Å²) >= 11 is 0. The van der Waals surface area contributed by atoms with Gasteiger partial charge in [-0.3, -0.25) is 9.59 Å². The first-order chi connectivity index (χ1) is 18.4. The largest absolute Gasteiger partial charge is 0.364 e. The molecule has 0 radical (unpaired) electrons. The van der Waals surface area contributed by atoms with E-state index in [9.17, 15) is 14.0 Å². The zero-order chi connectivity index (χ0) is 26.6. The standard InChI is InChI=1S/C29H29FN6O2/c30-23-12-11-21(27(33-17-18-9-10-18)20-6-2-1-3-7-20)14-24(23)34-29(38)26-15-25(28(32)37)35-36(26)22-8-4-5-19(13-22)16-31/h1-8,11-15,18,27,33H,9-10,16-17,31H2,(H2,32,37)(H,34,38). The lowest BCUT2D eigenvalue weighted by Gasteiger charge is -2.21. The highest BCUT2D eigenvalue weighted by Crippen LogP contribution is 2.31. The van der Waals surface area contributed by atoms with Gasteiger partial charge in [-0.15, -0.1) is 0 Å². The fraction of sp³-hybridized carbons (Fsp3) is 0.207. The Balaban J connectivity index is 1.47. The van der Waals surface area contributed by atoms with E-state index in [2.05, 4.69) is 15.7 Å². The maximum Gasteiger partial charge on any atom is 0.274 e. The van der Waals surface area contributed by atoms with Crippen molar-refractivity contribution >= 4 is 17.5 Å². The molecule has 0 bridgehead atoms. The monoisotopic (exact) mass is 512 g/mol. The molecule has 0 spiro atoms. The molecule has 1 atom stereocenters. The number of carbonyl (C=O) groups is 2. The molecule has 8 nitrogen and oxygen atoms in total. The number of carbonyl (C=O) groups excluding carboxylic acids is 2. The number of primary amides is 1. The van der Waals surface area contributed by atoms with E-state index in [1.807, 2.05) is 36.4 Å². The number of nitrogens with one attached hydrogen (secondary N) is 2. The van der Waals surface area contributed by atoms with E-state index in [1.54, 1.807) is 30.3 Å². The van der Waals surface area contributed by atoms with Crippen molar-refractivity contribution in [2.45, 2.75) is 25.4 Å². The minimum Gasteiger partial charge on any atom is -0.364 e. The van der Waals surface area contributed by atoms with Crippen LogP contribution in [0.1, 0.15) is 56.6 Å². The van der Waals surface area contributed by atoms with Crippen LogP contribution in [-0.4, -0.2) is 28.1 Å². The molecule has 0 saturated heterocycles. The number of hydrogen-bond donors (Lipinski definition) is 4. The summed E-state index contributed by atoms with van der Waals surface area (Å²) in [6.45, 7) is 1.14. The summed E-state index contributed by atoms with van der Waals surface area (Å²) in [5.74, 6) is -1.35. The number of hydrogen-bond acceptors (Lipinski definition) is 5. The molecular formula is C29H29FN6O2. The number of benzene rings is 3. The van der Waals surface area contributed by atoms with Crippen molar-refractivity contribution in [1.29, 1.82) is 0 Å². The van der Waals surface area contributed by atoms with Gasteiger partial charge in [-0.25, -0.2) is 9.07 Å². The Bertz CT molecular complexity index is 1470. The van der Waals surface area contributed by atoms with Crippen LogP contribution in [0, 0.1) is 11.7 Å². The van der Waals surface area contributed by atoms with Crippen LogP contribution in [0.5, 0.6) is 0 Å². The van der Waals surface area contributed by atoms with E-state index in [0.717, 1.165) is 23.2 Å². The zero-order valence-electron chi connectivity index (χ0n) is 20.7. The molecule has 1 aromatic heterocycles. The molecule has 2 amide bonds. The third-order valence-electron chi connectivity index (χ3n) is 6.60. The van der Waals surface area contributed by atoms with Crippen molar-refractivity contribution < 1.29 is 14.0 Å². The number of rotatable bonds is 10. The molecule has 5 rings (SSSR count). The van der Waals surface area contributed by atoms with Crippen LogP contribution < -0.4 is 22.1 Å². The van der Waals surface area contributed by atoms with E-state index < -0.39 is 17.6 Å². The molecule has 3 aromatic carbocycles. The second kappa shape index (κ2) is 11.0. The van der Waals surface area contributed by atoms with Crippen molar-refractivity contribution in [3.8, 4) is 5.69 Å². The van der Waals surface area contributed by atoms with Crippen LogP contribution in [-0.2, 0) is 6.54 Å². The highest BCUT2D eigenvalue weighted by molar-refractivity contribution is 6.05. The molecule has 6 N–H and O–H groups in total. The van der Waals surface area contributed by atoms with Gasteiger partial charge in [-0.1, -0.05) is 48.5 Å². The van der Waals surface area contributed by atoms with Gasteiger partial charge in [0.25, 0.3) is 11.8 Å². The Labute approximate surface area is 219 Å². The van der Waals surface area contributed by atoms with Gasteiger partial charge in [0.2, 0.25) is 0 Å². The quantitative estimate of drug-likeness (QED) is 0.256. The topological polar surface area (TPSA) is 128 Å². The van der Waals surface area contributed by atoms with Gasteiger partial charge >= 0.3 is 0 Å². The summed E-state index contributed by atoms with van der Waals surface area (Å²) in [5, 5.41) is 10.5. The Kier molecular flexibility index (Phi) is 7.30. The Morgan fingerprint density at radius 2 is 1.79 bits per heavy atom. The third-order valence-corrected chi connectivity index (χ3v) is 6.60. The fourth-order valence-corrected chi connectivity index (χ4v) is 4.36. The summed E-state index contributed by atoms with van der Waals surface area (Å²) in [7, 11) is 0. The molecule has 1 fully saturated rings. The maximum atomic E-state index is 14.9. The summed E-state index contributed by atoms with van der Waals surface area (Å²) in [5.41, 5.74) is 14.4. The molecule has 4 aromatic rings. The molecule has 0 aliphatic heterocycles. The molecule has 1 aliphatic carbocycles. The van der Waals surface area contributed by atoms with Crippen molar-refractivity contribution in [2.75, 3.05) is 11.9 Å². The minimum absolute atomic E-state index is 0.0192. The van der Waals surface area contributed by atoms with E-state index in [4.69, 9.17) is 11.5 Å². The Hall–Kier alpha value is -4.34. The maximum absolute atomic E-state index is 14.9. The highest BCUT2D eigenvalue weighted by Gasteiger charge is 2.25. The number of amides is 2. The number of anilines is 1. The van der Waals surface area contributed by atoms with Crippen LogP contribution in [0.2, 0.25) is 0 Å². The summed E-state index contributed by atoms with van der Waals surface area (Å²) in [6, 6.07) is 22.8. The van der Waals surface area contributed by atoms with Crippen LogP contribution in [0.4, 0.5) is 10.1 Å². The number of nitrogens with zero attached hydrogens (tertiary/aromatic N) is 2. The molecule has 1 saturated carbocycles. The first-order valence-electron chi connectivity index (χ1n) is 12.5. The predicted octanol–water partition coefficient (Wildman–Crippen LogP) is 3.91. The molecule has 1 heterocycles. The van der Waals surface area contributed by atoms with E-state index in [-0.39, 0.29) is 29.7 Å². The first-order valence-corrected chi connectivity index (χ1v) is 12.5. The van der Waals surface area contributed by atoms with Crippen LogP contribution in [0.25, 0.3) is 5.69 Å². The van der Waals surface area contributed by atoms with Gasteiger partial charge in [0.1, 0.15) is 11.5 Å². The second-order valence-electron chi connectivity index (χ2n) is 9.45. The van der Waals surface area contributed by atoms with E-state index in [1.165, 1.54) is 29.7 Å². The third kappa shape index (κ3) is 5.64. The SMILES string of the molecule is NCc1cccc(-n2nc(C(N)=O)cc2C(=O)Nc2cc(C(NCC3CC3)c3ccccc3)ccc2F)c1. The van der Waals surface area contributed by atoms with Gasteiger partial charge in [-0.2, -0.15) is 5.10 Å². The molecule has 9 heteroatoms. The molecule has 38 heavy (non-hydrogen) atoms. The fourth-order valence-electron chi connectivity index (χ4n) is 4.36. The van der Waals surface area contributed by atoms with Crippen LogP contribution >= 0.6 is 0 Å². The molecular weight excluding hydrogens is 483 g/mol. The smallest absolute Gasteiger partial charge is 0.274 e. The van der Waals surface area contributed by atoms with E-state index in [0.29, 0.717) is 11.6 Å². The summed E-state index contributed by atoms with van der Waals surface area (Å²) in [6.07, 6.45) is 2.41. The average Bonchev–Trinajstić information content (AvgIpc) is 3.65.